The van der Waals surface area contributed by atoms with Gasteiger partial charge in [-0.05, 0) is 6.42 Å². The second-order valence-corrected chi connectivity index (χ2v) is 13.7. The van der Waals surface area contributed by atoms with Gasteiger partial charge in [-0.2, -0.15) is 4.57 Å². The number of benzene rings is 5. The summed E-state index contributed by atoms with van der Waals surface area (Å²) in [5.41, 5.74) is -12.4. The molecule has 6 aromatic rings. The van der Waals surface area contributed by atoms with Crippen LogP contribution in [-0.2, 0) is 13.0 Å². The van der Waals surface area contributed by atoms with E-state index in [0.717, 1.165) is 24.1 Å². The molecule has 0 aliphatic heterocycles. The van der Waals surface area contributed by atoms with E-state index in [2.05, 4.69) is 11.9 Å². The van der Waals surface area contributed by atoms with Crippen LogP contribution in [0.1, 0.15) is 42.2 Å². The molecule has 0 bridgehead atoms. The number of nitrogens with zero attached hydrogens (tertiary/aromatic N) is 2. The highest BCUT2D eigenvalue weighted by molar-refractivity contribution is 7.20. The predicted octanol–water partition coefficient (Wildman–Crippen LogP) is 8.83. The van der Waals surface area contributed by atoms with E-state index in [-0.39, 0.29) is 5.78 Å². The first-order valence-corrected chi connectivity index (χ1v) is 18.1. The van der Waals surface area contributed by atoms with Crippen molar-refractivity contribution in [2.24, 2.45) is 0 Å². The summed E-state index contributed by atoms with van der Waals surface area (Å²) in [4.78, 5) is 16.4. The quantitative estimate of drug-likeness (QED) is 0.0248. The van der Waals surface area contributed by atoms with Crippen molar-refractivity contribution in [3.05, 3.63) is 177 Å². The van der Waals surface area contributed by atoms with Crippen molar-refractivity contribution in [1.29, 1.82) is 0 Å². The molecule has 24 heteroatoms. The third-order valence-corrected chi connectivity index (χ3v) is 10.1. The van der Waals surface area contributed by atoms with Gasteiger partial charge >= 0.3 is 0 Å². The first kappa shape index (κ1) is 49.5. The van der Waals surface area contributed by atoms with E-state index in [0.29, 0.717) is 6.54 Å². The maximum atomic E-state index is 15.4. The van der Waals surface area contributed by atoms with Crippen molar-refractivity contribution in [3.63, 3.8) is 0 Å². The molecule has 1 aromatic heterocycles. The van der Waals surface area contributed by atoms with Crippen LogP contribution in [0.4, 0.5) is 87.8 Å². The van der Waals surface area contributed by atoms with Crippen LogP contribution < -0.4 is 26.4 Å². The first-order valence-electron chi connectivity index (χ1n) is 18.1. The van der Waals surface area contributed by atoms with Crippen LogP contribution in [0.5, 0.6) is 0 Å². The Labute approximate surface area is 351 Å². The summed E-state index contributed by atoms with van der Waals surface area (Å²) in [5, 5.41) is 0. The Balaban J connectivity index is 0.000000330. The molecule has 0 saturated carbocycles. The van der Waals surface area contributed by atoms with Crippen LogP contribution in [0.15, 0.2) is 48.9 Å². The number of carbonyl (C=O) groups is 1. The summed E-state index contributed by atoms with van der Waals surface area (Å²) in [6, 6.07) is 9.44. The van der Waals surface area contributed by atoms with Crippen molar-refractivity contribution in [2.75, 3.05) is 0 Å². The summed E-state index contributed by atoms with van der Waals surface area (Å²) < 4.78 is 296. The molecule has 0 spiro atoms. The Morgan fingerprint density at radius 3 is 1.08 bits per heavy atom. The Bertz CT molecular complexity index is 2460. The highest BCUT2D eigenvalue weighted by Crippen LogP contribution is 2.30. The molecule has 6 rings (SSSR count). The molecule has 0 N–H and O–H groups in total. The highest BCUT2D eigenvalue weighted by atomic mass is 19.2. The second kappa shape index (κ2) is 19.3. The third-order valence-electron chi connectivity index (χ3n) is 10.1. The van der Waals surface area contributed by atoms with Crippen molar-refractivity contribution in [2.45, 2.75) is 39.2 Å². The number of halogens is 20. The zero-order valence-corrected chi connectivity index (χ0v) is 32.1. The molecule has 0 saturated heterocycles. The summed E-state index contributed by atoms with van der Waals surface area (Å²) in [5.74, 6) is -71.3. The largest absolute Gasteiger partial charge is 0.287 e. The molecular formula is C41H21BF20N2O. The number of hydrogen-bond acceptors (Lipinski definition) is 2. The van der Waals surface area contributed by atoms with E-state index in [1.165, 1.54) is 12.8 Å². The molecular weight excluding hydrogens is 927 g/mol. The molecule has 0 atom stereocenters. The Morgan fingerprint density at radius 1 is 0.462 bits per heavy atom. The van der Waals surface area contributed by atoms with Gasteiger partial charge < -0.3 is 0 Å². The van der Waals surface area contributed by atoms with Crippen molar-refractivity contribution < 1.29 is 97.2 Å². The standard InChI is InChI=1S/C24BF20.C17H21N2O/c26-5-1(6(27)14(35)21(42)13(5)34)25(2-7(28)15(36)22(43)16(37)8(2)29,3-9(30)17(38)23(44)18(39)10(3)31)4-11(32)19(40)24(45)20(41)12(4)33;1-2-3-5-10-16-13-18-11-12-19(16)14-17(20)15-8-6-4-7-9-15/h;4,6-9,11-13H,2-3,5,10,14H2,1H3/q-1;+1. The molecule has 0 aliphatic carbocycles. The number of carbonyl (C=O) groups excluding carboxylic acids is 1. The lowest BCUT2D eigenvalue weighted by atomic mass is 9.12. The van der Waals surface area contributed by atoms with E-state index >= 15 is 35.1 Å². The molecule has 0 amide bonds. The fraction of sp³-hybridized carbons (Fsp3) is 0.146. The van der Waals surface area contributed by atoms with E-state index in [1.54, 1.807) is 6.20 Å². The number of hydrogen-bond donors (Lipinski definition) is 0. The number of ketones is 1. The van der Waals surface area contributed by atoms with Gasteiger partial charge in [0.25, 0.3) is 0 Å². The summed E-state index contributed by atoms with van der Waals surface area (Å²) in [7, 11) is 0. The SMILES string of the molecule is CCCCCc1cncc[n+]1CC(=O)c1ccccc1.Fc1c(F)c(F)c([B-](c2c(F)c(F)c(F)c(F)c2F)(c2c(F)c(F)c(F)c(F)c2F)c2c(F)c(F)c(F)c(F)c2F)c(F)c1F. The van der Waals surface area contributed by atoms with Gasteiger partial charge in [-0.3, -0.25) is 9.78 Å². The minimum Gasteiger partial charge on any atom is -0.287 e. The van der Waals surface area contributed by atoms with Gasteiger partial charge in [0.2, 0.25) is 12.3 Å². The highest BCUT2D eigenvalue weighted by Gasteiger charge is 2.52. The fourth-order valence-corrected chi connectivity index (χ4v) is 7.08. The number of aryl methyl sites for hydroxylation is 1. The minimum absolute atomic E-state index is 0.138. The lowest BCUT2D eigenvalue weighted by molar-refractivity contribution is -0.691. The number of aromatic nitrogens is 2. The lowest BCUT2D eigenvalue weighted by Gasteiger charge is -2.44. The Hall–Kier alpha value is -6.49. The fourth-order valence-electron chi connectivity index (χ4n) is 7.08. The van der Waals surface area contributed by atoms with Crippen molar-refractivity contribution in [1.82, 2.24) is 4.98 Å². The number of Topliss-reactive ketones (excluding diaryl/α,β-unsaturated/α-hetero) is 1. The molecule has 1 heterocycles. The molecule has 0 radical (unpaired) electrons. The van der Waals surface area contributed by atoms with Crippen LogP contribution in [0, 0.1) is 116 Å². The second-order valence-electron chi connectivity index (χ2n) is 13.7. The van der Waals surface area contributed by atoms with Gasteiger partial charge in [-0.15, -0.1) is 21.9 Å². The molecule has 344 valence electrons. The number of rotatable bonds is 11. The van der Waals surface area contributed by atoms with Gasteiger partial charge in [0.15, 0.2) is 81.7 Å². The summed E-state index contributed by atoms with van der Waals surface area (Å²) in [6.45, 7) is 2.57. The van der Waals surface area contributed by atoms with E-state index in [9.17, 15) is 57.5 Å². The van der Waals surface area contributed by atoms with Gasteiger partial charge in [-0.25, -0.2) is 87.8 Å². The Kier molecular flexibility index (Phi) is 14.7. The molecule has 0 aliphatic rings. The van der Waals surface area contributed by atoms with Crippen LogP contribution >= 0.6 is 0 Å². The van der Waals surface area contributed by atoms with E-state index in [1.807, 2.05) is 47.3 Å². The van der Waals surface area contributed by atoms with Crippen LogP contribution in [0.2, 0.25) is 0 Å². The van der Waals surface area contributed by atoms with Crippen molar-refractivity contribution in [3.8, 4) is 0 Å². The first-order chi connectivity index (χ1) is 30.5. The number of unbranched alkanes of at least 4 members (excludes halogenated alkanes) is 2. The predicted molar refractivity (Wildman–Crippen MR) is 188 cm³/mol. The minimum atomic E-state index is -7.22. The molecule has 0 unspecified atom stereocenters. The maximum Gasteiger partial charge on any atom is 0.227 e. The monoisotopic (exact) mass is 948 g/mol. The average molecular weight is 948 g/mol. The maximum absolute atomic E-state index is 15.4. The molecule has 0 fully saturated rings. The van der Waals surface area contributed by atoms with Crippen molar-refractivity contribution >= 4 is 33.8 Å². The topological polar surface area (TPSA) is 33.8 Å². The van der Waals surface area contributed by atoms with E-state index < -0.39 is 144 Å². The van der Waals surface area contributed by atoms with Gasteiger partial charge in [0, 0.05) is 12.0 Å². The normalized spacial score (nSPS) is 11.5. The van der Waals surface area contributed by atoms with E-state index in [4.69, 9.17) is 0 Å². The van der Waals surface area contributed by atoms with Gasteiger partial charge in [-0.1, -0.05) is 50.1 Å². The average Bonchev–Trinajstić information content (AvgIpc) is 3.30. The zero-order valence-electron chi connectivity index (χ0n) is 32.1. The van der Waals surface area contributed by atoms with Gasteiger partial charge in [0.05, 0.1) is 12.4 Å². The van der Waals surface area contributed by atoms with Crippen LogP contribution in [0.3, 0.4) is 0 Å². The van der Waals surface area contributed by atoms with Crippen LogP contribution in [0.25, 0.3) is 0 Å². The molecule has 3 nitrogen and oxygen atoms in total. The smallest absolute Gasteiger partial charge is 0.227 e. The summed E-state index contributed by atoms with van der Waals surface area (Å²) in [6.07, 6.45) is 2.80. The molecule has 65 heavy (non-hydrogen) atoms. The lowest BCUT2D eigenvalue weighted by Crippen LogP contribution is -2.81. The third kappa shape index (κ3) is 8.37. The van der Waals surface area contributed by atoms with Crippen LogP contribution in [-0.4, -0.2) is 16.9 Å². The summed E-state index contributed by atoms with van der Waals surface area (Å²) >= 11 is 0. The van der Waals surface area contributed by atoms with Gasteiger partial charge in [0.1, 0.15) is 52.7 Å². The zero-order chi connectivity index (χ0) is 48.6. The molecule has 5 aromatic carbocycles. The Morgan fingerprint density at radius 2 is 0.769 bits per heavy atom.